The van der Waals surface area contributed by atoms with Gasteiger partial charge in [0, 0.05) is 18.7 Å². The van der Waals surface area contributed by atoms with Crippen LogP contribution in [-0.2, 0) is 4.74 Å². The number of rotatable bonds is 2. The topological polar surface area (TPSA) is 87.5 Å². The van der Waals surface area contributed by atoms with E-state index in [2.05, 4.69) is 4.98 Å². The number of hydrogen-bond acceptors (Lipinski definition) is 5. The Labute approximate surface area is 96.1 Å². The van der Waals surface area contributed by atoms with Crippen molar-refractivity contribution >= 4 is 12.2 Å². The number of H-pyrrole nitrogens is 1. The van der Waals surface area contributed by atoms with Gasteiger partial charge in [-0.05, 0) is 12.2 Å². The maximum atomic E-state index is 11.0. The number of aliphatic hydroxyl groups is 2. The van der Waals surface area contributed by atoms with Gasteiger partial charge in [-0.15, -0.1) is 0 Å². The van der Waals surface area contributed by atoms with E-state index in [4.69, 9.17) is 22.1 Å². The van der Waals surface area contributed by atoms with E-state index in [1.165, 1.54) is 12.3 Å². The van der Waals surface area contributed by atoms with Gasteiger partial charge in [-0.25, -0.2) is 0 Å². The predicted octanol–water partition coefficient (Wildman–Crippen LogP) is -0.453. The van der Waals surface area contributed by atoms with Gasteiger partial charge in [0.2, 0.25) is 0 Å². The minimum Gasteiger partial charge on any atom is -0.394 e. The molecule has 6 nitrogen and oxygen atoms in total. The molecule has 0 bridgehead atoms. The van der Waals surface area contributed by atoms with Crippen LogP contribution in [0, 0.1) is 4.77 Å². The molecule has 0 saturated carbocycles. The number of aromatic amines is 1. The number of hydrogen-bond donors (Lipinski definition) is 3. The molecule has 0 aromatic carbocycles. The molecule has 0 amide bonds. The molecule has 1 aromatic heterocycles. The van der Waals surface area contributed by atoms with Gasteiger partial charge in [0.15, 0.2) is 4.77 Å². The molecule has 88 valence electrons. The van der Waals surface area contributed by atoms with Crippen molar-refractivity contribution < 1.29 is 14.9 Å². The van der Waals surface area contributed by atoms with Gasteiger partial charge < -0.3 is 14.9 Å². The third-order valence-electron chi connectivity index (χ3n) is 2.55. The highest BCUT2D eigenvalue weighted by Gasteiger charge is 2.34. The summed E-state index contributed by atoms with van der Waals surface area (Å²) in [5.74, 6) is 0. The van der Waals surface area contributed by atoms with Gasteiger partial charge in [0.05, 0.1) is 12.7 Å². The fourth-order valence-electron chi connectivity index (χ4n) is 1.70. The smallest absolute Gasteiger partial charge is 0.251 e. The monoisotopic (exact) mass is 244 g/mol. The molecule has 1 aliphatic heterocycles. The molecule has 16 heavy (non-hydrogen) atoms. The maximum Gasteiger partial charge on any atom is 0.251 e. The summed E-state index contributed by atoms with van der Waals surface area (Å²) in [5, 5.41) is 18.5. The number of aromatic nitrogens is 2. The van der Waals surface area contributed by atoms with E-state index in [1.807, 2.05) is 0 Å². The second kappa shape index (κ2) is 4.46. The Morgan fingerprint density at radius 3 is 3.00 bits per heavy atom. The highest BCUT2D eigenvalue weighted by molar-refractivity contribution is 7.71. The number of nitrogens with zero attached hydrogens (tertiary/aromatic N) is 1. The molecular weight excluding hydrogens is 232 g/mol. The minimum atomic E-state index is -0.719. The Bertz CT molecular complexity index is 483. The first-order valence-electron chi connectivity index (χ1n) is 4.87. The number of aliphatic hydroxyl groups excluding tert-OH is 2. The Morgan fingerprint density at radius 2 is 2.44 bits per heavy atom. The van der Waals surface area contributed by atoms with Crippen molar-refractivity contribution in [3.63, 3.8) is 0 Å². The Kier molecular flexibility index (Phi) is 3.20. The lowest BCUT2D eigenvalue weighted by Gasteiger charge is -2.14. The summed E-state index contributed by atoms with van der Waals surface area (Å²) in [4.78, 5) is 13.4. The van der Waals surface area contributed by atoms with Crippen molar-refractivity contribution in [2.24, 2.45) is 0 Å². The largest absolute Gasteiger partial charge is 0.394 e. The second-order valence-corrected chi connectivity index (χ2v) is 4.02. The van der Waals surface area contributed by atoms with E-state index in [0.29, 0.717) is 6.42 Å². The molecule has 3 N–H and O–H groups in total. The molecule has 7 heteroatoms. The SMILES string of the molecule is O=c1ccn([C@H]2C[C@@H](O)[C@@H](CO)O2)c(=S)[nH]1. The molecule has 1 aromatic rings. The Balaban J connectivity index is 2.27. The van der Waals surface area contributed by atoms with Crippen molar-refractivity contribution in [2.45, 2.75) is 24.9 Å². The van der Waals surface area contributed by atoms with E-state index in [0.717, 1.165) is 0 Å². The summed E-state index contributed by atoms with van der Waals surface area (Å²) in [6.07, 6.45) is 0.0864. The lowest BCUT2D eigenvalue weighted by molar-refractivity contribution is -0.0453. The van der Waals surface area contributed by atoms with Gasteiger partial charge >= 0.3 is 0 Å². The summed E-state index contributed by atoms with van der Waals surface area (Å²) in [6.45, 7) is -0.242. The van der Waals surface area contributed by atoms with Gasteiger partial charge in [0.1, 0.15) is 12.3 Å². The molecule has 1 fully saturated rings. The van der Waals surface area contributed by atoms with Gasteiger partial charge in [-0.3, -0.25) is 14.3 Å². The molecule has 1 aliphatic rings. The van der Waals surface area contributed by atoms with E-state index in [1.54, 1.807) is 4.57 Å². The molecule has 2 heterocycles. The second-order valence-electron chi connectivity index (χ2n) is 3.63. The predicted molar refractivity (Wildman–Crippen MR) is 57.5 cm³/mol. The Morgan fingerprint density at radius 1 is 1.69 bits per heavy atom. The number of ether oxygens (including phenoxy) is 1. The quantitative estimate of drug-likeness (QED) is 0.613. The lowest BCUT2D eigenvalue weighted by Crippen LogP contribution is -2.24. The Hall–Kier alpha value is -1.02. The van der Waals surface area contributed by atoms with Crippen molar-refractivity contribution in [1.82, 2.24) is 9.55 Å². The van der Waals surface area contributed by atoms with Crippen molar-refractivity contribution in [1.29, 1.82) is 0 Å². The van der Waals surface area contributed by atoms with Crippen LogP contribution in [0.5, 0.6) is 0 Å². The van der Waals surface area contributed by atoms with Gasteiger partial charge in [-0.2, -0.15) is 0 Å². The van der Waals surface area contributed by atoms with Crippen LogP contribution in [0.3, 0.4) is 0 Å². The number of nitrogens with one attached hydrogen (secondary N) is 1. The van der Waals surface area contributed by atoms with Crippen LogP contribution < -0.4 is 5.56 Å². The van der Waals surface area contributed by atoms with Gasteiger partial charge in [0.25, 0.3) is 5.56 Å². The zero-order chi connectivity index (χ0) is 11.7. The van der Waals surface area contributed by atoms with E-state index < -0.39 is 18.4 Å². The van der Waals surface area contributed by atoms with Crippen LogP contribution in [0.25, 0.3) is 0 Å². The van der Waals surface area contributed by atoms with Crippen LogP contribution in [0.15, 0.2) is 17.1 Å². The molecule has 1 saturated heterocycles. The normalized spacial score (nSPS) is 29.5. The highest BCUT2D eigenvalue weighted by Crippen LogP contribution is 2.28. The third kappa shape index (κ3) is 2.07. The maximum absolute atomic E-state index is 11.0. The highest BCUT2D eigenvalue weighted by atomic mass is 32.1. The summed E-state index contributed by atoms with van der Waals surface area (Å²) < 4.78 is 7.19. The van der Waals surface area contributed by atoms with E-state index in [-0.39, 0.29) is 16.9 Å². The standard InChI is InChI=1S/C9H12N2O4S/c12-4-6-5(13)3-8(15-6)11-2-1-7(14)10-9(11)16/h1-2,5-6,8,12-13H,3-4H2,(H,10,14,16)/t5-,6-,8-/m1/s1. The van der Waals surface area contributed by atoms with Crippen LogP contribution in [0.4, 0.5) is 0 Å². The molecule has 3 atom stereocenters. The van der Waals surface area contributed by atoms with Crippen LogP contribution in [-0.4, -0.2) is 38.6 Å². The lowest BCUT2D eigenvalue weighted by atomic mass is 10.2. The average Bonchev–Trinajstić information content (AvgIpc) is 2.59. The minimum absolute atomic E-state index is 0.239. The van der Waals surface area contributed by atoms with Crippen molar-refractivity contribution in [3.05, 3.63) is 27.4 Å². The average molecular weight is 244 g/mol. The fourth-order valence-corrected chi connectivity index (χ4v) is 1.98. The molecule has 0 spiro atoms. The van der Waals surface area contributed by atoms with Crippen LogP contribution in [0.2, 0.25) is 0 Å². The summed E-state index contributed by atoms with van der Waals surface area (Å²) in [6, 6.07) is 1.33. The van der Waals surface area contributed by atoms with Gasteiger partial charge in [-0.1, -0.05) is 0 Å². The first kappa shape index (κ1) is 11.5. The summed E-state index contributed by atoms with van der Waals surface area (Å²) in [5.41, 5.74) is -0.279. The summed E-state index contributed by atoms with van der Waals surface area (Å²) in [7, 11) is 0. The van der Waals surface area contributed by atoms with E-state index in [9.17, 15) is 9.90 Å². The molecular formula is C9H12N2O4S. The first-order chi connectivity index (χ1) is 7.61. The first-order valence-corrected chi connectivity index (χ1v) is 5.28. The molecule has 0 unspecified atom stereocenters. The molecule has 2 rings (SSSR count). The molecule has 0 radical (unpaired) electrons. The van der Waals surface area contributed by atoms with Crippen LogP contribution in [0.1, 0.15) is 12.6 Å². The fraction of sp³-hybridized carbons (Fsp3) is 0.556. The van der Waals surface area contributed by atoms with Crippen LogP contribution >= 0.6 is 12.2 Å². The molecule has 0 aliphatic carbocycles. The van der Waals surface area contributed by atoms with E-state index >= 15 is 0 Å². The van der Waals surface area contributed by atoms with Crippen molar-refractivity contribution in [3.8, 4) is 0 Å². The van der Waals surface area contributed by atoms with Crippen molar-refractivity contribution in [2.75, 3.05) is 6.61 Å². The zero-order valence-corrected chi connectivity index (χ0v) is 9.18. The zero-order valence-electron chi connectivity index (χ0n) is 8.37. The third-order valence-corrected chi connectivity index (χ3v) is 2.86. The summed E-state index contributed by atoms with van der Waals surface area (Å²) >= 11 is 4.97.